The van der Waals surface area contributed by atoms with E-state index in [2.05, 4.69) is 10.6 Å². The number of hydrogen-bond acceptors (Lipinski definition) is 5. The van der Waals surface area contributed by atoms with Crippen molar-refractivity contribution in [1.29, 1.82) is 0 Å². The first-order valence-electron chi connectivity index (χ1n) is 7.60. The van der Waals surface area contributed by atoms with E-state index in [1.807, 2.05) is 13.8 Å². The number of hydrogen-bond donors (Lipinski definition) is 2. The number of carbonyl (C=O) groups excluding carboxylic acids is 2. The Morgan fingerprint density at radius 1 is 1.24 bits per heavy atom. The molecule has 1 unspecified atom stereocenters. The van der Waals surface area contributed by atoms with Crippen molar-refractivity contribution in [2.24, 2.45) is 11.3 Å². The molecule has 0 bridgehead atoms. The van der Waals surface area contributed by atoms with E-state index in [1.165, 1.54) is 0 Å². The first-order valence-corrected chi connectivity index (χ1v) is 7.60. The van der Waals surface area contributed by atoms with Crippen LogP contribution in [0.25, 0.3) is 0 Å². The predicted molar refractivity (Wildman–Crippen MR) is 79.8 cm³/mol. The van der Waals surface area contributed by atoms with Crippen LogP contribution in [0.2, 0.25) is 0 Å². The lowest BCUT2D eigenvalue weighted by Crippen LogP contribution is -2.51. The van der Waals surface area contributed by atoms with Gasteiger partial charge in [0.2, 0.25) is 5.91 Å². The summed E-state index contributed by atoms with van der Waals surface area (Å²) >= 11 is 0. The highest BCUT2D eigenvalue weighted by atomic mass is 16.5. The van der Waals surface area contributed by atoms with Crippen molar-refractivity contribution >= 4 is 11.9 Å². The van der Waals surface area contributed by atoms with Crippen molar-refractivity contribution in [1.82, 2.24) is 10.6 Å². The maximum Gasteiger partial charge on any atom is 0.310 e. The zero-order chi connectivity index (χ0) is 15.9. The Hall–Kier alpha value is -1.14. The molecule has 1 aliphatic rings. The van der Waals surface area contributed by atoms with E-state index in [4.69, 9.17) is 9.47 Å². The molecule has 1 atom stereocenters. The Labute approximate surface area is 126 Å². The van der Waals surface area contributed by atoms with E-state index in [0.29, 0.717) is 13.2 Å². The summed E-state index contributed by atoms with van der Waals surface area (Å²) < 4.78 is 10.4. The third kappa shape index (κ3) is 5.28. The van der Waals surface area contributed by atoms with Gasteiger partial charge in [0.25, 0.3) is 0 Å². The third-order valence-electron chi connectivity index (χ3n) is 3.79. The molecule has 1 aliphatic heterocycles. The molecule has 1 fully saturated rings. The SMILES string of the molecule is COCC1(C(=O)NCC(C)C(=O)OC(C)C)CCNCC1. The fourth-order valence-corrected chi connectivity index (χ4v) is 2.48. The zero-order valence-electron chi connectivity index (χ0n) is 13.5. The molecule has 6 nitrogen and oxygen atoms in total. The highest BCUT2D eigenvalue weighted by Crippen LogP contribution is 2.29. The first-order chi connectivity index (χ1) is 9.91. The topological polar surface area (TPSA) is 76.7 Å². The summed E-state index contributed by atoms with van der Waals surface area (Å²) in [6.45, 7) is 7.70. The monoisotopic (exact) mass is 300 g/mol. The molecule has 0 spiro atoms. The maximum absolute atomic E-state index is 12.5. The second kappa shape index (κ2) is 8.34. The van der Waals surface area contributed by atoms with Crippen molar-refractivity contribution in [2.45, 2.75) is 39.7 Å². The van der Waals surface area contributed by atoms with E-state index in [1.54, 1.807) is 14.0 Å². The van der Waals surface area contributed by atoms with E-state index >= 15 is 0 Å². The lowest BCUT2D eigenvalue weighted by molar-refractivity contribution is -0.151. The summed E-state index contributed by atoms with van der Waals surface area (Å²) in [6, 6.07) is 0. The van der Waals surface area contributed by atoms with Gasteiger partial charge in [-0.25, -0.2) is 0 Å². The van der Waals surface area contributed by atoms with Crippen molar-refractivity contribution in [3.63, 3.8) is 0 Å². The molecular weight excluding hydrogens is 272 g/mol. The standard InChI is InChI=1S/C15H28N2O4/c1-11(2)21-13(18)12(3)9-17-14(19)15(10-20-4)5-7-16-8-6-15/h11-12,16H,5-10H2,1-4H3,(H,17,19). The smallest absolute Gasteiger partial charge is 0.310 e. The van der Waals surface area contributed by atoms with Gasteiger partial charge >= 0.3 is 5.97 Å². The van der Waals surface area contributed by atoms with Crippen molar-refractivity contribution in [2.75, 3.05) is 33.4 Å². The van der Waals surface area contributed by atoms with Gasteiger partial charge in [-0.2, -0.15) is 0 Å². The third-order valence-corrected chi connectivity index (χ3v) is 3.79. The molecule has 0 aromatic carbocycles. The average molecular weight is 300 g/mol. The Morgan fingerprint density at radius 2 is 1.86 bits per heavy atom. The number of esters is 1. The highest BCUT2D eigenvalue weighted by molar-refractivity contribution is 5.83. The molecule has 1 amide bonds. The number of rotatable bonds is 7. The number of methoxy groups -OCH3 is 1. The number of amides is 1. The molecule has 122 valence electrons. The van der Waals surface area contributed by atoms with Gasteiger partial charge in [0.15, 0.2) is 0 Å². The zero-order valence-corrected chi connectivity index (χ0v) is 13.5. The van der Waals surface area contributed by atoms with Crippen molar-refractivity contribution < 1.29 is 19.1 Å². The molecule has 0 aromatic rings. The largest absolute Gasteiger partial charge is 0.463 e. The molecule has 1 rings (SSSR count). The van der Waals surface area contributed by atoms with Crippen LogP contribution in [0.1, 0.15) is 33.6 Å². The molecule has 0 aromatic heterocycles. The van der Waals surface area contributed by atoms with Crippen LogP contribution < -0.4 is 10.6 Å². The van der Waals surface area contributed by atoms with Crippen LogP contribution in [0.4, 0.5) is 0 Å². The molecular formula is C15H28N2O4. The van der Waals surface area contributed by atoms with Crippen LogP contribution in [0.15, 0.2) is 0 Å². The second-order valence-corrected chi connectivity index (χ2v) is 6.06. The minimum Gasteiger partial charge on any atom is -0.463 e. The number of piperidine rings is 1. The van der Waals surface area contributed by atoms with Crippen molar-refractivity contribution in [3.05, 3.63) is 0 Å². The Morgan fingerprint density at radius 3 is 2.38 bits per heavy atom. The molecule has 0 aliphatic carbocycles. The second-order valence-electron chi connectivity index (χ2n) is 6.06. The summed E-state index contributed by atoms with van der Waals surface area (Å²) in [6.07, 6.45) is 1.36. The quantitative estimate of drug-likeness (QED) is 0.677. The van der Waals surface area contributed by atoms with Crippen LogP contribution in [-0.2, 0) is 19.1 Å². The predicted octanol–water partition coefficient (Wildman–Crippen LogP) is 0.707. The van der Waals surface area contributed by atoms with Crippen molar-refractivity contribution in [3.8, 4) is 0 Å². The van der Waals surface area contributed by atoms with Gasteiger partial charge < -0.3 is 20.1 Å². The number of nitrogens with one attached hydrogen (secondary N) is 2. The van der Waals surface area contributed by atoms with Gasteiger partial charge in [-0.3, -0.25) is 9.59 Å². The summed E-state index contributed by atoms with van der Waals surface area (Å²) in [4.78, 5) is 24.2. The van der Waals surface area contributed by atoms with Gasteiger partial charge in [-0.15, -0.1) is 0 Å². The maximum atomic E-state index is 12.5. The highest BCUT2D eigenvalue weighted by Gasteiger charge is 2.39. The minimum absolute atomic E-state index is 0.0324. The lowest BCUT2D eigenvalue weighted by Gasteiger charge is -2.35. The van der Waals surface area contributed by atoms with Crippen LogP contribution in [-0.4, -0.2) is 51.3 Å². The Bertz CT molecular complexity index is 346. The molecule has 0 saturated carbocycles. The van der Waals surface area contributed by atoms with E-state index in [9.17, 15) is 9.59 Å². The summed E-state index contributed by atoms with van der Waals surface area (Å²) in [7, 11) is 1.61. The lowest BCUT2D eigenvalue weighted by atomic mass is 9.78. The van der Waals surface area contributed by atoms with Gasteiger partial charge in [0.05, 0.1) is 24.0 Å². The average Bonchev–Trinajstić information content (AvgIpc) is 2.44. The molecule has 21 heavy (non-hydrogen) atoms. The Balaban J connectivity index is 2.52. The molecule has 0 radical (unpaired) electrons. The van der Waals surface area contributed by atoms with Gasteiger partial charge in [0, 0.05) is 13.7 Å². The minimum atomic E-state index is -0.484. The van der Waals surface area contributed by atoms with Gasteiger partial charge in [-0.1, -0.05) is 6.92 Å². The number of carbonyl (C=O) groups is 2. The van der Waals surface area contributed by atoms with Gasteiger partial charge in [-0.05, 0) is 39.8 Å². The normalized spacial score (nSPS) is 19.1. The van der Waals surface area contributed by atoms with E-state index in [-0.39, 0.29) is 23.9 Å². The molecule has 6 heteroatoms. The molecule has 2 N–H and O–H groups in total. The Kier molecular flexibility index (Phi) is 7.11. The van der Waals surface area contributed by atoms with Crippen LogP contribution >= 0.6 is 0 Å². The summed E-state index contributed by atoms with van der Waals surface area (Å²) in [5.41, 5.74) is -0.484. The molecule has 1 heterocycles. The summed E-state index contributed by atoms with van der Waals surface area (Å²) in [5.74, 6) is -0.663. The van der Waals surface area contributed by atoms with E-state index in [0.717, 1.165) is 25.9 Å². The summed E-state index contributed by atoms with van der Waals surface area (Å²) in [5, 5.41) is 6.13. The van der Waals surface area contributed by atoms with Crippen LogP contribution in [0.3, 0.4) is 0 Å². The molecule has 1 saturated heterocycles. The van der Waals surface area contributed by atoms with E-state index < -0.39 is 5.41 Å². The van der Waals surface area contributed by atoms with Gasteiger partial charge in [0.1, 0.15) is 0 Å². The fraction of sp³-hybridized carbons (Fsp3) is 0.867. The number of ether oxygens (including phenoxy) is 2. The fourth-order valence-electron chi connectivity index (χ4n) is 2.48. The first kappa shape index (κ1) is 17.9. The van der Waals surface area contributed by atoms with Crippen LogP contribution in [0, 0.1) is 11.3 Å². The van der Waals surface area contributed by atoms with Crippen LogP contribution in [0.5, 0.6) is 0 Å².